The SMILES string of the molecule is CCCC(C)OC(=O)c1c(F)cc(Br)c(S(N)(=O)=O)c1F. The fourth-order valence-electron chi connectivity index (χ4n) is 1.73. The molecule has 0 saturated carbocycles. The second kappa shape index (κ2) is 6.80. The van der Waals surface area contributed by atoms with Crippen LogP contribution >= 0.6 is 15.9 Å². The van der Waals surface area contributed by atoms with Gasteiger partial charge in [0.25, 0.3) is 0 Å². The van der Waals surface area contributed by atoms with Crippen LogP contribution in [-0.4, -0.2) is 20.5 Å². The lowest BCUT2D eigenvalue weighted by molar-refractivity contribution is 0.0311. The van der Waals surface area contributed by atoms with Crippen molar-refractivity contribution in [2.75, 3.05) is 0 Å². The fraction of sp³-hybridized carbons (Fsp3) is 0.417. The third kappa shape index (κ3) is 4.21. The molecule has 5 nitrogen and oxygen atoms in total. The Morgan fingerprint density at radius 3 is 2.52 bits per heavy atom. The average Bonchev–Trinajstić information content (AvgIpc) is 2.25. The van der Waals surface area contributed by atoms with Crippen LogP contribution in [0.25, 0.3) is 0 Å². The standard InChI is InChI=1S/C12H14BrF2NO4S/c1-3-4-6(2)20-12(17)9-8(14)5-7(13)11(10(9)15)21(16,18)19/h5-6H,3-4H2,1-2H3,(H2,16,18,19). The molecule has 0 aliphatic carbocycles. The molecule has 2 N–H and O–H groups in total. The number of nitrogens with two attached hydrogens (primary N) is 1. The minimum absolute atomic E-state index is 0.404. The number of hydrogen-bond donors (Lipinski definition) is 1. The van der Waals surface area contributed by atoms with Gasteiger partial charge in [0.15, 0.2) is 5.82 Å². The molecular weight excluding hydrogens is 372 g/mol. The molecule has 0 aliphatic heterocycles. The quantitative estimate of drug-likeness (QED) is 0.789. The van der Waals surface area contributed by atoms with Crippen LogP contribution < -0.4 is 5.14 Å². The van der Waals surface area contributed by atoms with Crippen molar-refractivity contribution < 1.29 is 26.7 Å². The molecule has 1 atom stereocenters. The molecule has 0 radical (unpaired) electrons. The van der Waals surface area contributed by atoms with Crippen LogP contribution in [0, 0.1) is 11.6 Å². The van der Waals surface area contributed by atoms with E-state index >= 15 is 0 Å². The van der Waals surface area contributed by atoms with Crippen LogP contribution in [0.1, 0.15) is 37.0 Å². The molecule has 1 aromatic rings. The van der Waals surface area contributed by atoms with Gasteiger partial charge in [-0.05, 0) is 35.3 Å². The number of esters is 1. The highest BCUT2D eigenvalue weighted by molar-refractivity contribution is 9.10. The molecule has 0 aliphatic rings. The van der Waals surface area contributed by atoms with Gasteiger partial charge < -0.3 is 4.74 Å². The van der Waals surface area contributed by atoms with E-state index in [0.717, 1.165) is 0 Å². The Labute approximate surface area is 129 Å². The summed E-state index contributed by atoms with van der Waals surface area (Å²) < 4.78 is 55.0. The first-order valence-corrected chi connectivity index (χ1v) is 8.34. The highest BCUT2D eigenvalue weighted by Gasteiger charge is 2.29. The topological polar surface area (TPSA) is 86.5 Å². The lowest BCUT2D eigenvalue weighted by atomic mass is 10.2. The van der Waals surface area contributed by atoms with Gasteiger partial charge in [0, 0.05) is 4.47 Å². The maximum Gasteiger partial charge on any atom is 0.344 e. The molecule has 1 rings (SSSR count). The number of carbonyl (C=O) groups excluding carboxylic acids is 1. The number of carbonyl (C=O) groups is 1. The van der Waals surface area contributed by atoms with Crippen molar-refractivity contribution in [2.24, 2.45) is 5.14 Å². The molecule has 0 spiro atoms. The highest BCUT2D eigenvalue weighted by atomic mass is 79.9. The van der Waals surface area contributed by atoms with Crippen LogP contribution in [0.15, 0.2) is 15.4 Å². The minimum Gasteiger partial charge on any atom is -0.459 e. The van der Waals surface area contributed by atoms with E-state index in [-0.39, 0.29) is 0 Å². The Bertz CT molecular complexity index is 664. The first-order chi connectivity index (χ1) is 9.59. The zero-order chi connectivity index (χ0) is 16.4. The van der Waals surface area contributed by atoms with Crippen molar-refractivity contribution in [1.82, 2.24) is 0 Å². The summed E-state index contributed by atoms with van der Waals surface area (Å²) in [6, 6.07) is 0.657. The van der Waals surface area contributed by atoms with Gasteiger partial charge >= 0.3 is 5.97 Å². The van der Waals surface area contributed by atoms with Gasteiger partial charge in [-0.3, -0.25) is 0 Å². The minimum atomic E-state index is -4.47. The molecule has 0 aromatic heterocycles. The van der Waals surface area contributed by atoms with Crippen LogP contribution in [0.4, 0.5) is 8.78 Å². The predicted octanol–water partition coefficient (Wildman–Crippen LogP) is 2.72. The molecule has 1 aromatic carbocycles. The molecule has 0 heterocycles. The van der Waals surface area contributed by atoms with E-state index in [4.69, 9.17) is 9.88 Å². The van der Waals surface area contributed by atoms with Crippen molar-refractivity contribution in [1.29, 1.82) is 0 Å². The van der Waals surface area contributed by atoms with Crippen molar-refractivity contribution >= 4 is 31.9 Å². The van der Waals surface area contributed by atoms with Crippen LogP contribution in [0.5, 0.6) is 0 Å². The first kappa shape index (κ1) is 18.0. The number of benzene rings is 1. The van der Waals surface area contributed by atoms with E-state index in [2.05, 4.69) is 15.9 Å². The van der Waals surface area contributed by atoms with Gasteiger partial charge in [0.2, 0.25) is 10.0 Å². The number of rotatable bonds is 5. The monoisotopic (exact) mass is 385 g/mol. The summed E-state index contributed by atoms with van der Waals surface area (Å²) >= 11 is 2.70. The molecule has 0 fully saturated rings. The van der Waals surface area contributed by atoms with Gasteiger partial charge in [0.05, 0.1) is 6.10 Å². The molecular formula is C12H14BrF2NO4S. The Balaban J connectivity index is 3.34. The summed E-state index contributed by atoms with van der Waals surface area (Å²) in [6.07, 6.45) is 0.665. The summed E-state index contributed by atoms with van der Waals surface area (Å²) in [6.45, 7) is 3.42. The zero-order valence-corrected chi connectivity index (χ0v) is 13.7. The maximum atomic E-state index is 14.1. The molecule has 118 valence electrons. The van der Waals surface area contributed by atoms with Crippen LogP contribution in [0.3, 0.4) is 0 Å². The average molecular weight is 386 g/mol. The lowest BCUT2D eigenvalue weighted by Gasteiger charge is -2.14. The molecule has 0 amide bonds. The number of hydrogen-bond acceptors (Lipinski definition) is 4. The van der Waals surface area contributed by atoms with E-state index in [1.807, 2.05) is 6.92 Å². The summed E-state index contributed by atoms with van der Waals surface area (Å²) in [5.41, 5.74) is -1.08. The number of sulfonamides is 1. The van der Waals surface area contributed by atoms with Gasteiger partial charge in [-0.1, -0.05) is 13.3 Å². The Morgan fingerprint density at radius 1 is 1.48 bits per heavy atom. The third-order valence-electron chi connectivity index (χ3n) is 2.62. The van der Waals surface area contributed by atoms with E-state index in [1.165, 1.54) is 0 Å². The predicted molar refractivity (Wildman–Crippen MR) is 75.2 cm³/mol. The zero-order valence-electron chi connectivity index (χ0n) is 11.3. The highest BCUT2D eigenvalue weighted by Crippen LogP contribution is 2.29. The van der Waals surface area contributed by atoms with Gasteiger partial charge in [-0.15, -0.1) is 0 Å². The normalized spacial score (nSPS) is 13.0. The molecule has 9 heteroatoms. The van der Waals surface area contributed by atoms with E-state index in [1.54, 1.807) is 6.92 Å². The second-order valence-corrected chi connectivity index (χ2v) is 6.76. The number of halogens is 3. The maximum absolute atomic E-state index is 14.1. The second-order valence-electron chi connectivity index (χ2n) is 4.41. The summed E-state index contributed by atoms with van der Waals surface area (Å²) in [5, 5.41) is 4.85. The molecule has 1 unspecified atom stereocenters. The lowest BCUT2D eigenvalue weighted by Crippen LogP contribution is -2.21. The van der Waals surface area contributed by atoms with Gasteiger partial charge in [-0.2, -0.15) is 0 Å². The number of ether oxygens (including phenoxy) is 1. The Morgan fingerprint density at radius 2 is 2.05 bits per heavy atom. The summed E-state index contributed by atoms with van der Waals surface area (Å²) in [5.74, 6) is -4.08. The van der Waals surface area contributed by atoms with Crippen LogP contribution in [-0.2, 0) is 14.8 Å². The largest absolute Gasteiger partial charge is 0.459 e. The third-order valence-corrected chi connectivity index (χ3v) is 4.48. The summed E-state index contributed by atoms with van der Waals surface area (Å²) in [4.78, 5) is 10.8. The Kier molecular flexibility index (Phi) is 5.83. The van der Waals surface area contributed by atoms with Gasteiger partial charge in [-0.25, -0.2) is 27.1 Å². The van der Waals surface area contributed by atoms with Crippen molar-refractivity contribution in [3.8, 4) is 0 Å². The first-order valence-electron chi connectivity index (χ1n) is 6.00. The number of primary sulfonamides is 1. The van der Waals surface area contributed by atoms with Crippen molar-refractivity contribution in [2.45, 2.75) is 37.7 Å². The van der Waals surface area contributed by atoms with E-state index in [9.17, 15) is 22.0 Å². The van der Waals surface area contributed by atoms with Gasteiger partial charge in [0.1, 0.15) is 16.3 Å². The molecule has 21 heavy (non-hydrogen) atoms. The Hall–Kier alpha value is -1.06. The van der Waals surface area contributed by atoms with E-state index < -0.39 is 48.7 Å². The van der Waals surface area contributed by atoms with E-state index in [0.29, 0.717) is 18.9 Å². The smallest absolute Gasteiger partial charge is 0.344 e. The molecule has 0 bridgehead atoms. The van der Waals surface area contributed by atoms with Crippen molar-refractivity contribution in [3.05, 3.63) is 27.7 Å². The summed E-state index contributed by atoms with van der Waals surface area (Å²) in [7, 11) is -4.47. The fourth-order valence-corrected chi connectivity index (χ4v) is 3.46. The van der Waals surface area contributed by atoms with Crippen molar-refractivity contribution in [3.63, 3.8) is 0 Å². The molecule has 0 saturated heterocycles. The van der Waals surface area contributed by atoms with Crippen LogP contribution in [0.2, 0.25) is 0 Å².